The third-order valence-electron chi connectivity index (χ3n) is 5.88. The number of ether oxygens (including phenoxy) is 1. The Kier molecular flexibility index (Phi) is 8.15. The van der Waals surface area contributed by atoms with Gasteiger partial charge in [0.15, 0.2) is 11.1 Å². The van der Waals surface area contributed by atoms with Gasteiger partial charge in [-0.1, -0.05) is 24.3 Å². The van der Waals surface area contributed by atoms with Gasteiger partial charge in [0, 0.05) is 64.7 Å². The number of thiazole rings is 1. The normalized spacial score (nSPS) is 17.8. The zero-order valence-electron chi connectivity index (χ0n) is 18.5. The van der Waals surface area contributed by atoms with Crippen molar-refractivity contribution in [2.75, 3.05) is 57.9 Å². The number of benzene rings is 1. The van der Waals surface area contributed by atoms with Crippen molar-refractivity contribution >= 4 is 22.4 Å². The topological polar surface area (TPSA) is 65.0 Å². The highest BCUT2D eigenvalue weighted by Gasteiger charge is 2.16. The van der Waals surface area contributed by atoms with Crippen molar-refractivity contribution in [3.63, 3.8) is 0 Å². The summed E-state index contributed by atoms with van der Waals surface area (Å²) in [5, 5.41) is 10.3. The fourth-order valence-corrected chi connectivity index (χ4v) is 4.97. The van der Waals surface area contributed by atoms with Crippen LogP contribution in [0.3, 0.4) is 0 Å². The van der Waals surface area contributed by atoms with E-state index in [0.717, 1.165) is 77.1 Å². The van der Waals surface area contributed by atoms with Crippen LogP contribution in [0.5, 0.6) is 0 Å². The van der Waals surface area contributed by atoms with Crippen LogP contribution in [0.1, 0.15) is 29.7 Å². The number of aliphatic imine (C=N–C) groups is 1. The molecule has 8 heteroatoms. The van der Waals surface area contributed by atoms with Crippen LogP contribution in [0.15, 0.2) is 34.6 Å². The number of guanidine groups is 1. The quantitative estimate of drug-likeness (QED) is 0.484. The summed E-state index contributed by atoms with van der Waals surface area (Å²) in [4.78, 5) is 14.1. The molecular formula is C23H34N6OS. The summed E-state index contributed by atoms with van der Waals surface area (Å²) in [5.74, 6) is 0.830. The highest BCUT2D eigenvalue weighted by Crippen LogP contribution is 2.24. The molecule has 7 nitrogen and oxygen atoms in total. The van der Waals surface area contributed by atoms with Crippen LogP contribution < -0.4 is 15.5 Å². The van der Waals surface area contributed by atoms with Gasteiger partial charge in [-0.25, -0.2) is 4.98 Å². The number of morpholine rings is 1. The number of nitrogens with zero attached hydrogens (tertiary/aromatic N) is 4. The zero-order chi connectivity index (χ0) is 21.3. The fraction of sp³-hybridized carbons (Fsp3) is 0.565. The Bertz CT molecular complexity index is 842. The van der Waals surface area contributed by atoms with Gasteiger partial charge in [0.05, 0.1) is 18.9 Å². The molecule has 4 rings (SSSR count). The summed E-state index contributed by atoms with van der Waals surface area (Å²) in [6, 6.07) is 8.65. The first kappa shape index (κ1) is 22.0. The number of aromatic nitrogens is 1. The first-order chi connectivity index (χ1) is 15.3. The van der Waals surface area contributed by atoms with Crippen LogP contribution in [-0.2, 0) is 24.2 Å². The van der Waals surface area contributed by atoms with E-state index in [1.54, 1.807) is 11.3 Å². The molecule has 0 radical (unpaired) electrons. The van der Waals surface area contributed by atoms with Crippen LogP contribution in [0.2, 0.25) is 0 Å². The standard InChI is InChI=1S/C23H34N6OS/c1-24-22(25-9-8-21-18-31-23(27-21)29-10-4-5-11-29)26-16-19-6-2-3-7-20(19)17-28-12-14-30-15-13-28/h2-3,6-7,18H,4-5,8-17H2,1H3,(H2,24,25,26). The minimum absolute atomic E-state index is 0.760. The molecule has 31 heavy (non-hydrogen) atoms. The summed E-state index contributed by atoms with van der Waals surface area (Å²) in [6.45, 7) is 8.50. The van der Waals surface area contributed by atoms with E-state index < -0.39 is 0 Å². The van der Waals surface area contributed by atoms with Crippen LogP contribution in [0.4, 0.5) is 5.13 Å². The Labute approximate surface area is 189 Å². The average molecular weight is 443 g/mol. The van der Waals surface area contributed by atoms with Gasteiger partial charge in [0.2, 0.25) is 0 Å². The maximum Gasteiger partial charge on any atom is 0.191 e. The third kappa shape index (κ3) is 6.41. The molecule has 1 aromatic heterocycles. The lowest BCUT2D eigenvalue weighted by molar-refractivity contribution is 0.0341. The van der Waals surface area contributed by atoms with E-state index in [1.807, 2.05) is 7.05 Å². The zero-order valence-corrected chi connectivity index (χ0v) is 19.3. The smallest absolute Gasteiger partial charge is 0.191 e. The Hall–Kier alpha value is -2.16. The summed E-state index contributed by atoms with van der Waals surface area (Å²) in [7, 11) is 1.82. The van der Waals surface area contributed by atoms with Crippen LogP contribution in [0, 0.1) is 0 Å². The molecule has 2 saturated heterocycles. The summed E-state index contributed by atoms with van der Waals surface area (Å²) < 4.78 is 5.47. The van der Waals surface area contributed by atoms with Gasteiger partial charge in [-0.15, -0.1) is 11.3 Å². The van der Waals surface area contributed by atoms with E-state index in [0.29, 0.717) is 0 Å². The predicted molar refractivity (Wildman–Crippen MR) is 128 cm³/mol. The van der Waals surface area contributed by atoms with Gasteiger partial charge in [-0.2, -0.15) is 0 Å². The first-order valence-corrected chi connectivity index (χ1v) is 12.2. The van der Waals surface area contributed by atoms with Crippen molar-refractivity contribution < 1.29 is 4.74 Å². The highest BCUT2D eigenvalue weighted by atomic mass is 32.1. The van der Waals surface area contributed by atoms with Crippen LogP contribution in [0.25, 0.3) is 0 Å². The molecule has 2 aliphatic rings. The van der Waals surface area contributed by atoms with Gasteiger partial charge in [0.1, 0.15) is 0 Å². The minimum atomic E-state index is 0.760. The molecule has 2 aliphatic heterocycles. The molecule has 0 unspecified atom stereocenters. The van der Waals surface area contributed by atoms with Gasteiger partial charge in [-0.05, 0) is 24.0 Å². The molecule has 0 amide bonds. The van der Waals surface area contributed by atoms with Crippen molar-refractivity contribution in [3.05, 3.63) is 46.5 Å². The lowest BCUT2D eigenvalue weighted by Crippen LogP contribution is -2.38. The molecule has 0 atom stereocenters. The van der Waals surface area contributed by atoms with Crippen LogP contribution >= 0.6 is 11.3 Å². The second-order valence-electron chi connectivity index (χ2n) is 8.08. The lowest BCUT2D eigenvalue weighted by atomic mass is 10.1. The lowest BCUT2D eigenvalue weighted by Gasteiger charge is -2.27. The monoisotopic (exact) mass is 442 g/mol. The largest absolute Gasteiger partial charge is 0.379 e. The van der Waals surface area contributed by atoms with Crippen molar-refractivity contribution in [2.45, 2.75) is 32.4 Å². The first-order valence-electron chi connectivity index (χ1n) is 11.3. The van der Waals surface area contributed by atoms with Crippen molar-refractivity contribution in [1.29, 1.82) is 0 Å². The van der Waals surface area contributed by atoms with E-state index in [1.165, 1.54) is 29.1 Å². The van der Waals surface area contributed by atoms with E-state index in [-0.39, 0.29) is 0 Å². The molecule has 1 aromatic carbocycles. The predicted octanol–water partition coefficient (Wildman–Crippen LogP) is 2.48. The van der Waals surface area contributed by atoms with Gasteiger partial charge >= 0.3 is 0 Å². The molecule has 168 valence electrons. The van der Waals surface area contributed by atoms with Gasteiger partial charge in [-0.3, -0.25) is 9.89 Å². The highest BCUT2D eigenvalue weighted by molar-refractivity contribution is 7.13. The number of nitrogens with one attached hydrogen (secondary N) is 2. The van der Waals surface area contributed by atoms with Crippen LogP contribution in [-0.4, -0.2) is 68.8 Å². The molecule has 2 N–H and O–H groups in total. The SMILES string of the molecule is CN=C(NCCc1csc(N2CCCC2)n1)NCc1ccccc1CN1CCOCC1. The maximum atomic E-state index is 5.47. The molecule has 0 saturated carbocycles. The van der Waals surface area contributed by atoms with E-state index in [4.69, 9.17) is 9.72 Å². The van der Waals surface area contributed by atoms with Crippen molar-refractivity contribution in [3.8, 4) is 0 Å². The Morgan fingerprint density at radius 3 is 2.65 bits per heavy atom. The molecular weight excluding hydrogens is 408 g/mol. The second-order valence-corrected chi connectivity index (χ2v) is 8.91. The van der Waals surface area contributed by atoms with Gasteiger partial charge < -0.3 is 20.3 Å². The maximum absolute atomic E-state index is 5.47. The molecule has 0 aliphatic carbocycles. The Balaban J connectivity index is 1.23. The van der Waals surface area contributed by atoms with E-state index in [2.05, 4.69) is 55.1 Å². The summed E-state index contributed by atoms with van der Waals surface area (Å²) >= 11 is 1.76. The number of hydrogen-bond acceptors (Lipinski definition) is 6. The minimum Gasteiger partial charge on any atom is -0.379 e. The molecule has 0 spiro atoms. The Morgan fingerprint density at radius 1 is 1.10 bits per heavy atom. The fourth-order valence-electron chi connectivity index (χ4n) is 4.06. The third-order valence-corrected chi connectivity index (χ3v) is 6.83. The van der Waals surface area contributed by atoms with Crippen molar-refractivity contribution in [1.82, 2.24) is 20.5 Å². The van der Waals surface area contributed by atoms with Gasteiger partial charge in [0.25, 0.3) is 0 Å². The van der Waals surface area contributed by atoms with E-state index in [9.17, 15) is 0 Å². The Morgan fingerprint density at radius 2 is 1.87 bits per heavy atom. The number of rotatable bonds is 8. The number of hydrogen-bond donors (Lipinski definition) is 2. The summed E-state index contributed by atoms with van der Waals surface area (Å²) in [6.07, 6.45) is 3.47. The average Bonchev–Trinajstić information content (AvgIpc) is 3.50. The number of anilines is 1. The van der Waals surface area contributed by atoms with E-state index >= 15 is 0 Å². The van der Waals surface area contributed by atoms with Crippen molar-refractivity contribution in [2.24, 2.45) is 4.99 Å². The molecule has 2 fully saturated rings. The molecule has 2 aromatic rings. The molecule has 3 heterocycles. The molecule has 0 bridgehead atoms. The second kappa shape index (κ2) is 11.5. The summed E-state index contributed by atoms with van der Waals surface area (Å²) in [5.41, 5.74) is 3.83.